The summed E-state index contributed by atoms with van der Waals surface area (Å²) in [7, 11) is 0. The third-order valence-electron chi connectivity index (χ3n) is 5.79. The van der Waals surface area contributed by atoms with Gasteiger partial charge in [0.2, 0.25) is 5.95 Å². The molecule has 0 bridgehead atoms. The van der Waals surface area contributed by atoms with Gasteiger partial charge in [0.1, 0.15) is 30.0 Å². The third-order valence-corrected chi connectivity index (χ3v) is 5.79. The van der Waals surface area contributed by atoms with Crippen LogP contribution in [0.2, 0.25) is 0 Å². The number of imidazole rings is 1. The molecular weight excluding hydrogens is 489 g/mol. The van der Waals surface area contributed by atoms with Crippen LogP contribution in [0.5, 0.6) is 0 Å². The van der Waals surface area contributed by atoms with Crippen LogP contribution >= 0.6 is 0 Å². The van der Waals surface area contributed by atoms with Gasteiger partial charge in [0, 0.05) is 35.9 Å². The van der Waals surface area contributed by atoms with Gasteiger partial charge in [-0.25, -0.2) is 14.8 Å². The van der Waals surface area contributed by atoms with Gasteiger partial charge < -0.3 is 14.5 Å². The number of benzene rings is 1. The lowest BCUT2D eigenvalue weighted by Gasteiger charge is -2.11. The number of nitrogens with one attached hydrogen (secondary N) is 1. The van der Waals surface area contributed by atoms with Crippen molar-refractivity contribution in [1.29, 1.82) is 0 Å². The number of hydrogen-bond acceptors (Lipinski definition) is 7. The first-order valence-corrected chi connectivity index (χ1v) is 11.8. The molecule has 12 heteroatoms. The quantitative estimate of drug-likeness (QED) is 0.309. The number of aromatic nitrogens is 4. The number of carbonyl (C=O) groups excluding carboxylic acids is 1. The van der Waals surface area contributed by atoms with Crippen LogP contribution in [-0.2, 0) is 15.7 Å². The highest BCUT2D eigenvalue weighted by Crippen LogP contribution is 2.34. The lowest BCUT2D eigenvalue weighted by molar-refractivity contribution is -0.568. The third kappa shape index (κ3) is 6.33. The Balaban J connectivity index is 1.48. The highest BCUT2D eigenvalue weighted by atomic mass is 19.4. The number of hydrogen-bond donors (Lipinski definition) is 2. The Morgan fingerprint density at radius 2 is 2.03 bits per heavy atom. The van der Waals surface area contributed by atoms with Crippen LogP contribution in [0.4, 0.5) is 19.0 Å². The average molecular weight is 518 g/mol. The fourth-order valence-corrected chi connectivity index (χ4v) is 3.63. The number of anilines is 1. The maximum atomic E-state index is 13.0. The first kappa shape index (κ1) is 26.3. The Morgan fingerprint density at radius 1 is 1.22 bits per heavy atom. The molecule has 37 heavy (non-hydrogen) atoms. The standard InChI is InChI=1S/C25H27F3N6O3/c1-4-36-9-5-8-29-22(35)12-30-23-15(2)16(3)32-24(33-23)34-13-19(31-14-34)21-10-17-6-7-18(25(26,27)28)11-20(17)37-21/h6-7,10-11,13-14H,4-5,8-9,12H2,1-3H3,(H,29,35)(H,30,32,33)/p+1. The second kappa shape index (κ2) is 11.1. The van der Waals surface area contributed by atoms with Crippen LogP contribution in [-0.4, -0.2) is 51.7 Å². The molecule has 0 atom stereocenters. The zero-order chi connectivity index (χ0) is 26.6. The topological polar surface area (TPSA) is 112 Å². The summed E-state index contributed by atoms with van der Waals surface area (Å²) in [6.07, 6.45) is -0.545. The number of ether oxygens (including phenoxy) is 1. The van der Waals surface area contributed by atoms with Gasteiger partial charge in [-0.15, -0.1) is 0 Å². The molecule has 1 aromatic carbocycles. The number of aryl methyl sites for hydroxylation is 1. The van der Waals surface area contributed by atoms with Crippen molar-refractivity contribution in [3.05, 3.63) is 53.6 Å². The number of alkyl halides is 3. The molecule has 0 unspecified atom stereocenters. The maximum Gasteiger partial charge on any atom is 0.416 e. The summed E-state index contributed by atoms with van der Waals surface area (Å²) in [5, 5.41) is 5.26. The second-order valence-corrected chi connectivity index (χ2v) is 8.47. The summed E-state index contributed by atoms with van der Waals surface area (Å²) in [5.41, 5.74) is 1.28. The molecule has 0 saturated heterocycles. The fraction of sp³-hybridized carbons (Fsp3) is 0.360. The van der Waals surface area contributed by atoms with E-state index in [0.717, 1.165) is 29.8 Å². The van der Waals surface area contributed by atoms with E-state index >= 15 is 0 Å². The number of nitrogens with two attached hydrogens (primary N) is 1. The highest BCUT2D eigenvalue weighted by Gasteiger charge is 2.31. The molecular formula is C25H28F3N6O3+. The molecule has 1 amide bonds. The molecule has 196 valence electrons. The molecule has 4 aromatic rings. The molecule has 0 spiro atoms. The van der Waals surface area contributed by atoms with Crippen molar-refractivity contribution in [2.45, 2.75) is 33.4 Å². The maximum absolute atomic E-state index is 13.0. The van der Waals surface area contributed by atoms with Crippen molar-refractivity contribution < 1.29 is 32.4 Å². The summed E-state index contributed by atoms with van der Waals surface area (Å²) >= 11 is 0. The zero-order valence-electron chi connectivity index (χ0n) is 20.7. The number of amides is 1. The van der Waals surface area contributed by atoms with Gasteiger partial charge in [0.25, 0.3) is 0 Å². The lowest BCUT2D eigenvalue weighted by atomic mass is 10.1. The number of primary amides is 1. The Morgan fingerprint density at radius 3 is 2.78 bits per heavy atom. The molecule has 0 fully saturated rings. The number of quaternary nitrogens is 1. The first-order chi connectivity index (χ1) is 17.7. The first-order valence-electron chi connectivity index (χ1n) is 11.8. The number of rotatable bonds is 10. The number of furan rings is 1. The van der Waals surface area contributed by atoms with Crippen molar-refractivity contribution in [3.63, 3.8) is 0 Å². The van der Waals surface area contributed by atoms with Crippen molar-refractivity contribution in [2.75, 3.05) is 31.6 Å². The normalized spacial score (nSPS) is 11.8. The molecule has 0 aliphatic carbocycles. The fourth-order valence-electron chi connectivity index (χ4n) is 3.63. The summed E-state index contributed by atoms with van der Waals surface area (Å²) < 4.78 is 51.6. The summed E-state index contributed by atoms with van der Waals surface area (Å²) in [6.45, 7) is 7.65. The van der Waals surface area contributed by atoms with E-state index in [9.17, 15) is 18.0 Å². The minimum Gasteiger partial charge on any atom is -0.454 e. The predicted molar refractivity (Wildman–Crippen MR) is 130 cm³/mol. The van der Waals surface area contributed by atoms with Gasteiger partial charge in [0.05, 0.1) is 18.7 Å². The molecule has 0 saturated carbocycles. The Hall–Kier alpha value is -3.77. The smallest absolute Gasteiger partial charge is 0.416 e. The minimum absolute atomic E-state index is 0.0443. The average Bonchev–Trinajstić information content (AvgIpc) is 3.51. The van der Waals surface area contributed by atoms with Crippen molar-refractivity contribution in [3.8, 4) is 17.4 Å². The highest BCUT2D eigenvalue weighted by molar-refractivity contribution is 5.82. The van der Waals surface area contributed by atoms with E-state index in [1.165, 1.54) is 12.4 Å². The van der Waals surface area contributed by atoms with E-state index in [2.05, 4.69) is 20.3 Å². The predicted octanol–water partition coefficient (Wildman–Crippen LogP) is 3.64. The molecule has 3 N–H and O–H groups in total. The zero-order valence-corrected chi connectivity index (χ0v) is 20.7. The SMILES string of the molecule is CCOCCC[NH2+]C(=O)CNc1nc(-n2cnc(-c3cc4ccc(C(F)(F)F)cc4o3)c2)nc(C)c1C. The molecule has 0 aliphatic heterocycles. The van der Waals surface area contributed by atoms with Crippen LogP contribution in [0.3, 0.4) is 0 Å². The number of carbonyl (C=O) groups is 1. The Bertz CT molecular complexity index is 1400. The van der Waals surface area contributed by atoms with E-state index in [-0.39, 0.29) is 18.0 Å². The van der Waals surface area contributed by atoms with E-state index < -0.39 is 11.7 Å². The van der Waals surface area contributed by atoms with Gasteiger partial charge >= 0.3 is 12.1 Å². The summed E-state index contributed by atoms with van der Waals surface area (Å²) in [6, 6.07) is 4.98. The molecule has 0 aliphatic rings. The van der Waals surface area contributed by atoms with E-state index in [1.54, 1.807) is 22.1 Å². The van der Waals surface area contributed by atoms with E-state index in [0.29, 0.717) is 48.4 Å². The lowest BCUT2D eigenvalue weighted by Crippen LogP contribution is -2.89. The molecule has 4 rings (SSSR count). The van der Waals surface area contributed by atoms with Gasteiger partial charge in [0.15, 0.2) is 5.76 Å². The van der Waals surface area contributed by atoms with Gasteiger partial charge in [-0.1, -0.05) is 6.07 Å². The molecule has 3 aromatic heterocycles. The summed E-state index contributed by atoms with van der Waals surface area (Å²) in [5.74, 6) is 1.13. The monoisotopic (exact) mass is 517 g/mol. The molecule has 9 nitrogen and oxygen atoms in total. The Labute approximate surface area is 211 Å². The minimum atomic E-state index is -4.46. The van der Waals surface area contributed by atoms with Gasteiger partial charge in [-0.3, -0.25) is 9.88 Å². The van der Waals surface area contributed by atoms with Crippen molar-refractivity contribution in [2.24, 2.45) is 0 Å². The van der Waals surface area contributed by atoms with Crippen molar-refractivity contribution in [1.82, 2.24) is 19.5 Å². The van der Waals surface area contributed by atoms with Gasteiger partial charge in [-0.05, 0) is 39.0 Å². The summed E-state index contributed by atoms with van der Waals surface area (Å²) in [4.78, 5) is 25.6. The Kier molecular flexibility index (Phi) is 7.89. The van der Waals surface area contributed by atoms with E-state index in [1.807, 2.05) is 20.8 Å². The molecule has 3 heterocycles. The van der Waals surface area contributed by atoms with E-state index in [4.69, 9.17) is 9.15 Å². The molecule has 0 radical (unpaired) electrons. The second-order valence-electron chi connectivity index (χ2n) is 8.47. The number of fused-ring (bicyclic) bond motifs is 1. The van der Waals surface area contributed by atoms with Crippen molar-refractivity contribution >= 4 is 22.7 Å². The van der Waals surface area contributed by atoms with Crippen LogP contribution in [0.25, 0.3) is 28.4 Å². The van der Waals surface area contributed by atoms with Crippen LogP contribution in [0, 0.1) is 13.8 Å². The largest absolute Gasteiger partial charge is 0.454 e. The van der Waals surface area contributed by atoms with Crippen LogP contribution in [0.15, 0.2) is 41.2 Å². The van der Waals surface area contributed by atoms with Crippen LogP contribution in [0.1, 0.15) is 30.2 Å². The van der Waals surface area contributed by atoms with Crippen LogP contribution < -0.4 is 10.6 Å². The van der Waals surface area contributed by atoms with Gasteiger partial charge in [-0.2, -0.15) is 18.2 Å². The number of nitrogens with zero attached hydrogens (tertiary/aromatic N) is 4. The number of halogens is 3.